The molecule has 0 bridgehead atoms. The Balaban J connectivity index is 1.49. The lowest BCUT2D eigenvalue weighted by Gasteiger charge is -2.39. The van der Waals surface area contributed by atoms with Crippen LogP contribution in [0.2, 0.25) is 5.02 Å². The average Bonchev–Trinajstić information content (AvgIpc) is 2.58. The van der Waals surface area contributed by atoms with Gasteiger partial charge in [0.2, 0.25) is 5.88 Å². The molecular weight excluding hydrogens is 314 g/mol. The van der Waals surface area contributed by atoms with Gasteiger partial charge >= 0.3 is 0 Å². The smallest absolute Gasteiger partial charge is 0.213 e. The highest BCUT2D eigenvalue weighted by atomic mass is 35.5. The van der Waals surface area contributed by atoms with Crippen molar-refractivity contribution in [3.8, 4) is 5.88 Å². The number of morpholine rings is 1. The van der Waals surface area contributed by atoms with Crippen LogP contribution in [0.15, 0.2) is 18.3 Å². The Bertz CT molecular complexity index is 479. The summed E-state index contributed by atoms with van der Waals surface area (Å²) >= 11 is 5.87. The SMILES string of the molecule is C[C@H](CN1CCOCC1)N1CCC[C@H](Oc2ccc(Cl)cn2)C1. The molecule has 0 spiro atoms. The number of hydrogen-bond donors (Lipinski definition) is 0. The number of likely N-dealkylation sites (tertiary alicyclic amines) is 1. The lowest BCUT2D eigenvalue weighted by atomic mass is 10.1. The monoisotopic (exact) mass is 339 g/mol. The number of halogens is 1. The van der Waals surface area contributed by atoms with E-state index in [0.29, 0.717) is 16.9 Å². The van der Waals surface area contributed by atoms with E-state index in [1.54, 1.807) is 6.20 Å². The zero-order chi connectivity index (χ0) is 16.1. The van der Waals surface area contributed by atoms with Crippen LogP contribution in [0.25, 0.3) is 0 Å². The Morgan fingerprint density at radius 1 is 1.35 bits per heavy atom. The van der Waals surface area contributed by atoms with Gasteiger partial charge in [0.15, 0.2) is 0 Å². The van der Waals surface area contributed by atoms with Crippen molar-refractivity contribution in [2.45, 2.75) is 31.9 Å². The Morgan fingerprint density at radius 3 is 2.91 bits per heavy atom. The zero-order valence-corrected chi connectivity index (χ0v) is 14.5. The topological polar surface area (TPSA) is 37.8 Å². The quantitative estimate of drug-likeness (QED) is 0.823. The molecule has 0 aliphatic carbocycles. The van der Waals surface area contributed by atoms with Crippen molar-refractivity contribution in [1.82, 2.24) is 14.8 Å². The van der Waals surface area contributed by atoms with Crippen molar-refractivity contribution in [3.63, 3.8) is 0 Å². The molecule has 6 heteroatoms. The van der Waals surface area contributed by atoms with Gasteiger partial charge in [-0.05, 0) is 32.4 Å². The molecule has 2 atom stereocenters. The fourth-order valence-corrected chi connectivity index (χ4v) is 3.45. The second kappa shape index (κ2) is 8.29. The fourth-order valence-electron chi connectivity index (χ4n) is 3.34. The van der Waals surface area contributed by atoms with Crippen LogP contribution in [-0.4, -0.2) is 72.9 Å². The molecule has 3 rings (SSSR count). The number of piperidine rings is 1. The van der Waals surface area contributed by atoms with Gasteiger partial charge in [-0.15, -0.1) is 0 Å². The summed E-state index contributed by atoms with van der Waals surface area (Å²) in [6.45, 7) is 9.36. The largest absolute Gasteiger partial charge is 0.473 e. The molecule has 0 N–H and O–H groups in total. The Morgan fingerprint density at radius 2 is 2.17 bits per heavy atom. The minimum absolute atomic E-state index is 0.213. The standard InChI is InChI=1S/C17H26ClN3O2/c1-14(12-20-7-9-22-10-8-20)21-6-2-3-16(13-21)23-17-5-4-15(18)11-19-17/h4-5,11,14,16H,2-3,6-10,12-13H2,1H3/t14-,16+/m1/s1. The summed E-state index contributed by atoms with van der Waals surface area (Å²) in [4.78, 5) is 9.28. The van der Waals surface area contributed by atoms with Gasteiger partial charge in [0.1, 0.15) is 6.10 Å². The first-order valence-electron chi connectivity index (χ1n) is 8.53. The van der Waals surface area contributed by atoms with Crippen molar-refractivity contribution < 1.29 is 9.47 Å². The minimum Gasteiger partial charge on any atom is -0.473 e. The molecule has 0 unspecified atom stereocenters. The number of rotatable bonds is 5. The lowest BCUT2D eigenvalue weighted by Crippen LogP contribution is -2.51. The third-order valence-corrected chi connectivity index (χ3v) is 4.87. The molecule has 1 aromatic heterocycles. The maximum atomic E-state index is 6.04. The van der Waals surface area contributed by atoms with E-state index < -0.39 is 0 Å². The van der Waals surface area contributed by atoms with Gasteiger partial charge in [0.05, 0.1) is 18.2 Å². The van der Waals surface area contributed by atoms with Crippen LogP contribution in [0.5, 0.6) is 5.88 Å². The van der Waals surface area contributed by atoms with Gasteiger partial charge in [-0.3, -0.25) is 9.80 Å². The minimum atomic E-state index is 0.213. The van der Waals surface area contributed by atoms with Crippen LogP contribution >= 0.6 is 11.6 Å². The Labute approximate surface area is 143 Å². The van der Waals surface area contributed by atoms with Gasteiger partial charge < -0.3 is 9.47 Å². The first-order chi connectivity index (χ1) is 11.2. The molecular formula is C17H26ClN3O2. The summed E-state index contributed by atoms with van der Waals surface area (Å²) in [6.07, 6.45) is 4.11. The van der Waals surface area contributed by atoms with Crippen molar-refractivity contribution in [1.29, 1.82) is 0 Å². The Kier molecular flexibility index (Phi) is 6.11. The molecule has 0 saturated carbocycles. The number of ether oxygens (including phenoxy) is 2. The molecule has 1 aromatic rings. The van der Waals surface area contributed by atoms with E-state index in [1.807, 2.05) is 12.1 Å². The molecule has 2 saturated heterocycles. The molecule has 128 valence electrons. The highest BCUT2D eigenvalue weighted by Gasteiger charge is 2.26. The third kappa shape index (κ3) is 5.05. The lowest BCUT2D eigenvalue weighted by molar-refractivity contribution is 0.0112. The molecule has 2 aliphatic rings. The summed E-state index contributed by atoms with van der Waals surface area (Å²) in [5.74, 6) is 0.669. The van der Waals surface area contributed by atoms with Gasteiger partial charge in [0.25, 0.3) is 0 Å². The van der Waals surface area contributed by atoms with Crippen LogP contribution in [0, 0.1) is 0 Å². The number of hydrogen-bond acceptors (Lipinski definition) is 5. The van der Waals surface area contributed by atoms with Crippen LogP contribution in [0.4, 0.5) is 0 Å². The number of nitrogens with zero attached hydrogens (tertiary/aromatic N) is 3. The summed E-state index contributed by atoms with van der Waals surface area (Å²) in [7, 11) is 0. The predicted octanol–water partition coefficient (Wildman–Crippen LogP) is 2.30. The average molecular weight is 340 g/mol. The summed E-state index contributed by atoms with van der Waals surface area (Å²) in [6, 6.07) is 4.21. The normalized spacial score (nSPS) is 25.2. The summed E-state index contributed by atoms with van der Waals surface area (Å²) in [5, 5.41) is 0.641. The molecule has 0 radical (unpaired) electrons. The van der Waals surface area contributed by atoms with Crippen LogP contribution in [0.3, 0.4) is 0 Å². The molecule has 2 aliphatic heterocycles. The van der Waals surface area contributed by atoms with E-state index in [0.717, 1.165) is 52.4 Å². The van der Waals surface area contributed by atoms with E-state index >= 15 is 0 Å². The van der Waals surface area contributed by atoms with Crippen molar-refractivity contribution in [2.24, 2.45) is 0 Å². The maximum Gasteiger partial charge on any atom is 0.213 e. The van der Waals surface area contributed by atoms with Crippen molar-refractivity contribution >= 4 is 11.6 Å². The highest BCUT2D eigenvalue weighted by molar-refractivity contribution is 6.30. The van der Waals surface area contributed by atoms with Crippen LogP contribution in [0.1, 0.15) is 19.8 Å². The molecule has 5 nitrogen and oxygen atoms in total. The second-order valence-corrected chi connectivity index (χ2v) is 6.89. The Hall–Kier alpha value is -0.880. The molecule has 0 aromatic carbocycles. The summed E-state index contributed by atoms with van der Waals surface area (Å²) in [5.41, 5.74) is 0. The van der Waals surface area contributed by atoms with E-state index in [4.69, 9.17) is 21.1 Å². The molecule has 2 fully saturated rings. The molecule has 23 heavy (non-hydrogen) atoms. The van der Waals surface area contributed by atoms with Crippen LogP contribution in [-0.2, 0) is 4.74 Å². The van der Waals surface area contributed by atoms with Crippen molar-refractivity contribution in [2.75, 3.05) is 45.9 Å². The van der Waals surface area contributed by atoms with Gasteiger partial charge in [-0.2, -0.15) is 0 Å². The molecule has 0 amide bonds. The van der Waals surface area contributed by atoms with Gasteiger partial charge in [-0.1, -0.05) is 11.6 Å². The van der Waals surface area contributed by atoms with Gasteiger partial charge in [0, 0.05) is 44.5 Å². The van der Waals surface area contributed by atoms with E-state index in [2.05, 4.69) is 21.7 Å². The fraction of sp³-hybridized carbons (Fsp3) is 0.706. The van der Waals surface area contributed by atoms with Crippen LogP contribution < -0.4 is 4.74 Å². The maximum absolute atomic E-state index is 6.04. The van der Waals surface area contributed by atoms with E-state index in [-0.39, 0.29) is 6.10 Å². The first kappa shape index (κ1) is 17.0. The highest BCUT2D eigenvalue weighted by Crippen LogP contribution is 2.20. The van der Waals surface area contributed by atoms with E-state index in [9.17, 15) is 0 Å². The van der Waals surface area contributed by atoms with E-state index in [1.165, 1.54) is 6.42 Å². The first-order valence-corrected chi connectivity index (χ1v) is 8.91. The summed E-state index contributed by atoms with van der Waals surface area (Å²) < 4.78 is 11.5. The molecule has 3 heterocycles. The van der Waals surface area contributed by atoms with Gasteiger partial charge in [-0.25, -0.2) is 4.98 Å². The zero-order valence-electron chi connectivity index (χ0n) is 13.8. The number of aromatic nitrogens is 1. The second-order valence-electron chi connectivity index (χ2n) is 6.45. The predicted molar refractivity (Wildman–Crippen MR) is 91.2 cm³/mol. The number of pyridine rings is 1. The third-order valence-electron chi connectivity index (χ3n) is 4.65. The van der Waals surface area contributed by atoms with Crippen molar-refractivity contribution in [3.05, 3.63) is 23.4 Å².